The smallest absolute Gasteiger partial charge is 0.152 e. The van der Waals surface area contributed by atoms with E-state index in [1.165, 1.54) is 7.11 Å². The van der Waals surface area contributed by atoms with Gasteiger partial charge in [-0.3, -0.25) is 0 Å². The second-order valence-corrected chi connectivity index (χ2v) is 6.28. The minimum absolute atomic E-state index is 0.0614. The zero-order chi connectivity index (χ0) is 13.4. The van der Waals surface area contributed by atoms with Crippen LogP contribution < -0.4 is 0 Å². The Hall–Kier alpha value is -1.38. The van der Waals surface area contributed by atoms with Gasteiger partial charge in [-0.1, -0.05) is 30.3 Å². The summed E-state index contributed by atoms with van der Waals surface area (Å²) in [6.45, 7) is 0.418. The number of nitrogens with zero attached hydrogens (tertiary/aromatic N) is 1. The molecule has 0 heterocycles. The number of rotatable bonds is 7. The molecule has 1 atom stereocenters. The van der Waals surface area contributed by atoms with Crippen molar-refractivity contribution in [3.63, 3.8) is 0 Å². The molecule has 0 aliphatic heterocycles. The Bertz CT molecular complexity index is 491. The van der Waals surface area contributed by atoms with Gasteiger partial charge in [-0.25, -0.2) is 8.42 Å². The van der Waals surface area contributed by atoms with Crippen LogP contribution in [0.25, 0.3) is 0 Å². The van der Waals surface area contributed by atoms with Crippen LogP contribution in [0.3, 0.4) is 0 Å². The van der Waals surface area contributed by atoms with Gasteiger partial charge in [0.05, 0.1) is 23.5 Å². The van der Waals surface area contributed by atoms with Crippen LogP contribution in [0.15, 0.2) is 30.3 Å². The predicted molar refractivity (Wildman–Crippen MR) is 69.9 cm³/mol. The van der Waals surface area contributed by atoms with E-state index < -0.39 is 15.8 Å². The van der Waals surface area contributed by atoms with Crippen molar-refractivity contribution >= 4 is 9.84 Å². The van der Waals surface area contributed by atoms with Crippen LogP contribution in [-0.2, 0) is 14.6 Å². The summed E-state index contributed by atoms with van der Waals surface area (Å²) in [6.07, 6.45) is 0.464. The maximum atomic E-state index is 11.8. The fourth-order valence-corrected chi connectivity index (χ4v) is 3.15. The Labute approximate surface area is 108 Å². The van der Waals surface area contributed by atoms with E-state index in [1.807, 2.05) is 6.07 Å². The molecule has 0 saturated carbocycles. The van der Waals surface area contributed by atoms with Crippen molar-refractivity contribution in [2.75, 3.05) is 25.2 Å². The summed E-state index contributed by atoms with van der Waals surface area (Å²) in [5, 5.41) is 9.08. The summed E-state index contributed by atoms with van der Waals surface area (Å²) in [4.78, 5) is 0. The summed E-state index contributed by atoms with van der Waals surface area (Å²) in [5.41, 5.74) is 0.746. The molecule has 1 aromatic carbocycles. The number of nitriles is 1. The number of methoxy groups -OCH3 is 1. The fourth-order valence-electron chi connectivity index (χ4n) is 1.65. The first-order chi connectivity index (χ1) is 8.59. The molecule has 98 valence electrons. The zero-order valence-electron chi connectivity index (χ0n) is 10.4. The normalized spacial score (nSPS) is 12.9. The fraction of sp³-hybridized carbons (Fsp3) is 0.462. The van der Waals surface area contributed by atoms with Crippen molar-refractivity contribution in [3.05, 3.63) is 35.9 Å². The van der Waals surface area contributed by atoms with Crippen molar-refractivity contribution < 1.29 is 13.2 Å². The second-order valence-electron chi connectivity index (χ2n) is 4.05. The molecular weight excluding hydrogens is 250 g/mol. The summed E-state index contributed by atoms with van der Waals surface area (Å²) in [6, 6.07) is 11.1. The molecule has 0 saturated heterocycles. The van der Waals surface area contributed by atoms with Crippen LogP contribution in [0.2, 0.25) is 0 Å². The van der Waals surface area contributed by atoms with Gasteiger partial charge < -0.3 is 4.74 Å². The molecule has 5 heteroatoms. The minimum Gasteiger partial charge on any atom is -0.385 e. The van der Waals surface area contributed by atoms with Crippen LogP contribution in [0, 0.1) is 11.3 Å². The van der Waals surface area contributed by atoms with E-state index in [-0.39, 0.29) is 11.5 Å². The van der Waals surface area contributed by atoms with Crippen molar-refractivity contribution in [2.45, 2.75) is 12.3 Å². The zero-order valence-corrected chi connectivity index (χ0v) is 11.2. The molecule has 0 aromatic heterocycles. The van der Waals surface area contributed by atoms with E-state index in [0.717, 1.165) is 5.56 Å². The lowest BCUT2D eigenvalue weighted by Gasteiger charge is -2.10. The topological polar surface area (TPSA) is 67.2 Å². The second kappa shape index (κ2) is 7.14. The van der Waals surface area contributed by atoms with E-state index in [1.54, 1.807) is 24.3 Å². The highest BCUT2D eigenvalue weighted by atomic mass is 32.2. The van der Waals surface area contributed by atoms with Gasteiger partial charge in [0, 0.05) is 13.7 Å². The average Bonchev–Trinajstić information content (AvgIpc) is 2.37. The molecule has 1 unspecified atom stereocenters. The van der Waals surface area contributed by atoms with Crippen molar-refractivity contribution in [2.24, 2.45) is 0 Å². The van der Waals surface area contributed by atoms with Crippen LogP contribution in [0.1, 0.15) is 17.9 Å². The highest BCUT2D eigenvalue weighted by molar-refractivity contribution is 7.91. The summed E-state index contributed by atoms with van der Waals surface area (Å²) >= 11 is 0. The Balaban J connectivity index is 2.67. The van der Waals surface area contributed by atoms with Gasteiger partial charge in [-0.2, -0.15) is 5.26 Å². The SMILES string of the molecule is COCCCS(=O)(=O)CC(C#N)c1ccccc1. The van der Waals surface area contributed by atoms with Gasteiger partial charge in [0.25, 0.3) is 0 Å². The van der Waals surface area contributed by atoms with Gasteiger partial charge in [0.2, 0.25) is 0 Å². The third kappa shape index (κ3) is 4.86. The van der Waals surface area contributed by atoms with Crippen LogP contribution >= 0.6 is 0 Å². The average molecular weight is 267 g/mol. The molecule has 0 aliphatic carbocycles. The maximum Gasteiger partial charge on any atom is 0.152 e. The highest BCUT2D eigenvalue weighted by Crippen LogP contribution is 2.17. The number of hydrogen-bond acceptors (Lipinski definition) is 4. The third-order valence-electron chi connectivity index (χ3n) is 2.58. The van der Waals surface area contributed by atoms with Crippen LogP contribution in [-0.4, -0.2) is 33.6 Å². The molecule has 1 rings (SSSR count). The first-order valence-corrected chi connectivity index (χ1v) is 7.55. The van der Waals surface area contributed by atoms with Gasteiger partial charge in [-0.15, -0.1) is 0 Å². The monoisotopic (exact) mass is 267 g/mol. The molecular formula is C13H17NO3S. The number of ether oxygens (including phenoxy) is 1. The first kappa shape index (κ1) is 14.7. The van der Waals surface area contributed by atoms with Crippen LogP contribution in [0.5, 0.6) is 0 Å². The minimum atomic E-state index is -3.22. The van der Waals surface area contributed by atoms with Crippen molar-refractivity contribution in [1.29, 1.82) is 5.26 Å². The molecule has 0 N–H and O–H groups in total. The van der Waals surface area contributed by atoms with E-state index >= 15 is 0 Å². The summed E-state index contributed by atoms with van der Waals surface area (Å²) in [7, 11) is -1.68. The quantitative estimate of drug-likeness (QED) is 0.706. The summed E-state index contributed by atoms with van der Waals surface area (Å²) < 4.78 is 28.5. The largest absolute Gasteiger partial charge is 0.385 e. The Morgan fingerprint density at radius 2 is 2.00 bits per heavy atom. The number of benzene rings is 1. The molecule has 4 nitrogen and oxygen atoms in total. The molecule has 18 heavy (non-hydrogen) atoms. The molecule has 0 spiro atoms. The standard InChI is InChI=1S/C13H17NO3S/c1-17-8-5-9-18(15,16)11-13(10-14)12-6-3-2-4-7-12/h2-4,6-7,13H,5,8-9,11H2,1H3. The van der Waals surface area contributed by atoms with Gasteiger partial charge in [0.15, 0.2) is 9.84 Å². The third-order valence-corrected chi connectivity index (χ3v) is 4.33. The Morgan fingerprint density at radius 1 is 1.33 bits per heavy atom. The molecule has 0 fully saturated rings. The van der Waals surface area contributed by atoms with Gasteiger partial charge in [-0.05, 0) is 12.0 Å². The molecule has 0 radical (unpaired) electrons. The predicted octanol–water partition coefficient (Wildman–Crippen LogP) is 1.75. The van der Waals surface area contributed by atoms with E-state index in [9.17, 15) is 8.42 Å². The van der Waals surface area contributed by atoms with Crippen molar-refractivity contribution in [1.82, 2.24) is 0 Å². The molecule has 0 amide bonds. The molecule has 0 bridgehead atoms. The maximum absolute atomic E-state index is 11.8. The van der Waals surface area contributed by atoms with E-state index in [4.69, 9.17) is 10.00 Å². The van der Waals surface area contributed by atoms with Crippen LogP contribution in [0.4, 0.5) is 0 Å². The Kier molecular flexibility index (Phi) is 5.83. The number of sulfone groups is 1. The van der Waals surface area contributed by atoms with E-state index in [0.29, 0.717) is 13.0 Å². The van der Waals surface area contributed by atoms with Crippen molar-refractivity contribution in [3.8, 4) is 6.07 Å². The number of hydrogen-bond donors (Lipinski definition) is 0. The van der Waals surface area contributed by atoms with E-state index in [2.05, 4.69) is 6.07 Å². The lowest BCUT2D eigenvalue weighted by molar-refractivity contribution is 0.199. The molecule has 1 aromatic rings. The summed E-state index contributed by atoms with van der Waals surface area (Å²) in [5.74, 6) is -0.665. The van der Waals surface area contributed by atoms with Gasteiger partial charge in [0.1, 0.15) is 0 Å². The lowest BCUT2D eigenvalue weighted by atomic mass is 10.0. The Morgan fingerprint density at radius 3 is 2.56 bits per heavy atom. The lowest BCUT2D eigenvalue weighted by Crippen LogP contribution is -2.17. The van der Waals surface area contributed by atoms with Gasteiger partial charge >= 0.3 is 0 Å². The molecule has 0 aliphatic rings. The highest BCUT2D eigenvalue weighted by Gasteiger charge is 2.20. The first-order valence-electron chi connectivity index (χ1n) is 5.73.